The van der Waals surface area contributed by atoms with Gasteiger partial charge in [0.1, 0.15) is 4.87 Å². The van der Waals surface area contributed by atoms with E-state index in [9.17, 15) is 4.79 Å². The monoisotopic (exact) mass is 238 g/mol. The summed E-state index contributed by atoms with van der Waals surface area (Å²) in [6.07, 6.45) is 0. The average molecular weight is 240 g/mol. The molecule has 0 unspecified atom stereocenters. The Morgan fingerprint density at radius 3 is 1.69 bits per heavy atom. The van der Waals surface area contributed by atoms with Crippen molar-refractivity contribution in [3.63, 3.8) is 0 Å². The summed E-state index contributed by atoms with van der Waals surface area (Å²) in [6.45, 7) is 4.98. The van der Waals surface area contributed by atoms with E-state index in [1.165, 1.54) is 0 Å². The molecule has 0 aromatic heterocycles. The zero-order valence-corrected chi connectivity index (χ0v) is 9.81. The number of Topliss-reactive ketones (excluding diaryl/α,β-unsaturated/α-hetero) is 1. The molecule has 0 saturated carbocycles. The molecule has 0 heterocycles. The molecule has 0 atom stereocenters. The summed E-state index contributed by atoms with van der Waals surface area (Å²) in [6, 6.07) is 0. The summed E-state index contributed by atoms with van der Waals surface area (Å²) in [5.41, 5.74) is 0.946. The van der Waals surface area contributed by atoms with Gasteiger partial charge in [0.15, 0.2) is 5.78 Å². The van der Waals surface area contributed by atoms with Crippen LogP contribution in [-0.4, -0.2) is 10.7 Å². The predicted molar refractivity (Wildman–Crippen MR) is 56.4 cm³/mol. The van der Waals surface area contributed by atoms with Crippen LogP contribution in [0.25, 0.3) is 0 Å². The normalized spacial score (nSPS) is 22.8. The molecule has 0 aromatic rings. The topological polar surface area (TPSA) is 17.1 Å². The van der Waals surface area contributed by atoms with Gasteiger partial charge in [0.2, 0.25) is 0 Å². The molecule has 4 heteroatoms. The van der Waals surface area contributed by atoms with E-state index in [1.807, 2.05) is 0 Å². The molecule has 0 aromatic carbocycles. The van der Waals surface area contributed by atoms with Crippen molar-refractivity contribution in [2.45, 2.75) is 25.6 Å². The van der Waals surface area contributed by atoms with E-state index in [4.69, 9.17) is 34.8 Å². The van der Waals surface area contributed by atoms with Gasteiger partial charge in [-0.3, -0.25) is 4.79 Å². The van der Waals surface area contributed by atoms with Crippen molar-refractivity contribution < 1.29 is 4.79 Å². The lowest BCUT2D eigenvalue weighted by Gasteiger charge is -2.28. The van der Waals surface area contributed by atoms with Crippen LogP contribution in [0.5, 0.6) is 0 Å². The lowest BCUT2D eigenvalue weighted by Crippen LogP contribution is -2.27. The minimum atomic E-state index is -0.939. The Morgan fingerprint density at radius 2 is 1.38 bits per heavy atom. The first-order chi connectivity index (χ1) is 5.80. The quantitative estimate of drug-likeness (QED) is 0.591. The van der Waals surface area contributed by atoms with Crippen LogP contribution in [0.4, 0.5) is 0 Å². The second-order valence-corrected chi connectivity index (χ2v) is 4.72. The molecule has 0 saturated heterocycles. The average Bonchev–Trinajstić information content (AvgIpc) is 2.09. The SMILES string of the molecule is CC1=C(Cl)C(C)(Cl)C(Cl)=C(C)C1=O. The Balaban J connectivity index is 3.39. The van der Waals surface area contributed by atoms with Gasteiger partial charge in [0.05, 0.1) is 10.1 Å². The van der Waals surface area contributed by atoms with Crippen LogP contribution in [0, 0.1) is 0 Å². The van der Waals surface area contributed by atoms with Crippen molar-refractivity contribution in [1.29, 1.82) is 0 Å². The second-order valence-electron chi connectivity index (χ2n) is 3.21. The zero-order valence-electron chi connectivity index (χ0n) is 7.54. The van der Waals surface area contributed by atoms with Gasteiger partial charge in [-0.05, 0) is 20.8 Å². The van der Waals surface area contributed by atoms with Gasteiger partial charge in [-0.2, -0.15) is 0 Å². The molecular formula is C9H9Cl3O. The van der Waals surface area contributed by atoms with Gasteiger partial charge in [-0.15, -0.1) is 11.6 Å². The maximum Gasteiger partial charge on any atom is 0.186 e. The van der Waals surface area contributed by atoms with Gasteiger partial charge in [-0.1, -0.05) is 23.2 Å². The smallest absolute Gasteiger partial charge is 0.186 e. The van der Waals surface area contributed by atoms with Gasteiger partial charge in [-0.25, -0.2) is 0 Å². The van der Waals surface area contributed by atoms with Crippen LogP contribution in [-0.2, 0) is 4.79 Å². The molecule has 1 aliphatic carbocycles. The number of hydrogen-bond donors (Lipinski definition) is 0. The van der Waals surface area contributed by atoms with Crippen LogP contribution >= 0.6 is 34.8 Å². The number of carbonyl (C=O) groups excluding carboxylic acids is 1. The summed E-state index contributed by atoms with van der Waals surface area (Å²) in [4.78, 5) is 10.6. The predicted octanol–water partition coefficient (Wildman–Crippen LogP) is 3.59. The molecule has 0 amide bonds. The third-order valence-corrected chi connectivity index (χ3v) is 4.06. The Kier molecular flexibility index (Phi) is 2.82. The van der Waals surface area contributed by atoms with E-state index >= 15 is 0 Å². The fraction of sp³-hybridized carbons (Fsp3) is 0.444. The first-order valence-electron chi connectivity index (χ1n) is 3.77. The number of carbonyl (C=O) groups is 1. The molecule has 0 fully saturated rings. The Hall–Kier alpha value is 0.0200. The summed E-state index contributed by atoms with van der Waals surface area (Å²) in [7, 11) is 0. The second kappa shape index (κ2) is 3.30. The molecule has 0 spiro atoms. The Morgan fingerprint density at radius 1 is 1.08 bits per heavy atom. The highest BCUT2D eigenvalue weighted by Gasteiger charge is 2.38. The van der Waals surface area contributed by atoms with Crippen molar-refractivity contribution in [2.75, 3.05) is 0 Å². The van der Waals surface area contributed by atoms with Crippen LogP contribution < -0.4 is 0 Å². The van der Waals surface area contributed by atoms with Crippen LogP contribution in [0.1, 0.15) is 20.8 Å². The number of alkyl halides is 1. The number of ketones is 1. The van der Waals surface area contributed by atoms with Crippen molar-refractivity contribution >= 4 is 40.6 Å². The summed E-state index contributed by atoms with van der Waals surface area (Å²) in [5.74, 6) is -0.131. The minimum Gasteiger partial charge on any atom is -0.289 e. The summed E-state index contributed by atoms with van der Waals surface area (Å²) < 4.78 is 0. The highest BCUT2D eigenvalue weighted by atomic mass is 35.5. The maximum absolute atomic E-state index is 11.5. The molecule has 1 nitrogen and oxygen atoms in total. The fourth-order valence-corrected chi connectivity index (χ4v) is 1.97. The molecule has 0 N–H and O–H groups in total. The molecule has 72 valence electrons. The van der Waals surface area contributed by atoms with E-state index in [-0.39, 0.29) is 5.78 Å². The van der Waals surface area contributed by atoms with Crippen molar-refractivity contribution in [1.82, 2.24) is 0 Å². The van der Waals surface area contributed by atoms with E-state index < -0.39 is 4.87 Å². The number of rotatable bonds is 0. The third-order valence-electron chi connectivity index (χ3n) is 2.16. The van der Waals surface area contributed by atoms with E-state index in [2.05, 4.69) is 0 Å². The number of hydrogen-bond acceptors (Lipinski definition) is 1. The van der Waals surface area contributed by atoms with Gasteiger partial charge >= 0.3 is 0 Å². The van der Waals surface area contributed by atoms with Gasteiger partial charge in [0, 0.05) is 11.1 Å². The van der Waals surface area contributed by atoms with Crippen molar-refractivity contribution in [3.8, 4) is 0 Å². The summed E-state index contributed by atoms with van der Waals surface area (Å²) in [5, 5.41) is 0.629. The molecule has 0 bridgehead atoms. The first kappa shape index (κ1) is 11.1. The molecule has 1 rings (SSSR count). The lowest BCUT2D eigenvalue weighted by molar-refractivity contribution is -0.112. The van der Waals surface area contributed by atoms with Crippen LogP contribution in [0.15, 0.2) is 21.2 Å². The molecule has 0 aliphatic heterocycles. The van der Waals surface area contributed by atoms with Gasteiger partial charge in [0.25, 0.3) is 0 Å². The van der Waals surface area contributed by atoms with Crippen LogP contribution in [0.2, 0.25) is 0 Å². The van der Waals surface area contributed by atoms with E-state index in [0.29, 0.717) is 21.2 Å². The van der Waals surface area contributed by atoms with E-state index in [1.54, 1.807) is 20.8 Å². The molecular weight excluding hydrogens is 230 g/mol. The minimum absolute atomic E-state index is 0.131. The maximum atomic E-state index is 11.5. The number of allylic oxidation sites excluding steroid dienone is 4. The Labute approximate surface area is 92.3 Å². The van der Waals surface area contributed by atoms with Gasteiger partial charge < -0.3 is 0 Å². The number of halogens is 3. The standard InChI is InChI=1S/C9H9Cl3O/c1-4-6(13)5(2)8(11)9(3,12)7(4)10/h1-3H3. The molecule has 1 aliphatic rings. The largest absolute Gasteiger partial charge is 0.289 e. The fourth-order valence-electron chi connectivity index (χ4n) is 1.28. The van der Waals surface area contributed by atoms with E-state index in [0.717, 1.165) is 0 Å². The highest BCUT2D eigenvalue weighted by Crippen LogP contribution is 2.44. The molecule has 13 heavy (non-hydrogen) atoms. The van der Waals surface area contributed by atoms with Crippen molar-refractivity contribution in [3.05, 3.63) is 21.2 Å². The third kappa shape index (κ3) is 1.54. The Bertz CT molecular complexity index is 307. The highest BCUT2D eigenvalue weighted by molar-refractivity contribution is 6.50. The first-order valence-corrected chi connectivity index (χ1v) is 4.90. The molecule has 0 radical (unpaired) electrons. The summed E-state index contributed by atoms with van der Waals surface area (Å²) >= 11 is 17.9. The van der Waals surface area contributed by atoms with Crippen LogP contribution in [0.3, 0.4) is 0 Å². The zero-order chi connectivity index (χ0) is 10.4. The van der Waals surface area contributed by atoms with Crippen molar-refractivity contribution in [2.24, 2.45) is 0 Å². The lowest BCUT2D eigenvalue weighted by atomic mass is 9.91.